The second-order valence-electron chi connectivity index (χ2n) is 6.51. The quantitative estimate of drug-likeness (QED) is 0.738. The maximum atomic E-state index is 12.4. The van der Waals surface area contributed by atoms with Crippen LogP contribution < -0.4 is 10.2 Å². The number of aromatic nitrogens is 1. The maximum absolute atomic E-state index is 12.4. The number of furan rings is 1. The number of quaternary nitrogens is 1. The predicted octanol–water partition coefficient (Wildman–Crippen LogP) is 2.32. The number of hydrogen-bond acceptors (Lipinski definition) is 4. The Hall–Kier alpha value is -2.18. The highest BCUT2D eigenvalue weighted by Gasteiger charge is 2.31. The van der Waals surface area contributed by atoms with Gasteiger partial charge in [0.25, 0.3) is 5.91 Å². The van der Waals surface area contributed by atoms with Crippen molar-refractivity contribution >= 4 is 27.5 Å². The Morgan fingerprint density at radius 1 is 1.28 bits per heavy atom. The van der Waals surface area contributed by atoms with Gasteiger partial charge >= 0.3 is 0 Å². The number of likely N-dealkylation sites (tertiary alicyclic amines) is 1. The van der Waals surface area contributed by atoms with Gasteiger partial charge in [0, 0.05) is 6.42 Å². The minimum atomic E-state index is 0.0689. The van der Waals surface area contributed by atoms with Crippen LogP contribution in [0.5, 0.6) is 0 Å². The van der Waals surface area contributed by atoms with Crippen molar-refractivity contribution in [2.45, 2.75) is 31.8 Å². The Bertz CT molecular complexity index is 810. The molecule has 1 aliphatic rings. The standard InChI is InChI=1S/C19H21N3O2S/c23-18(20-12-14-6-5-11-24-14)13-22-10-4-3-8-16(22)19-21-15-7-1-2-9-17(15)25-19/h1-2,5-7,9,11,16H,3-4,8,10,12-13H2,(H,20,23)/p+1/t16-/m0/s1. The number of rotatable bonds is 5. The van der Waals surface area contributed by atoms with E-state index in [9.17, 15) is 4.79 Å². The first-order chi connectivity index (χ1) is 12.3. The van der Waals surface area contributed by atoms with Gasteiger partial charge in [-0.15, -0.1) is 11.3 Å². The van der Waals surface area contributed by atoms with Crippen molar-refractivity contribution in [3.8, 4) is 0 Å². The van der Waals surface area contributed by atoms with Gasteiger partial charge in [-0.1, -0.05) is 12.1 Å². The summed E-state index contributed by atoms with van der Waals surface area (Å²) in [6.45, 7) is 1.96. The molecular weight excluding hydrogens is 334 g/mol. The highest BCUT2D eigenvalue weighted by Crippen LogP contribution is 2.28. The number of nitrogens with zero attached hydrogens (tertiary/aromatic N) is 1. The molecule has 130 valence electrons. The number of benzene rings is 1. The highest BCUT2D eigenvalue weighted by atomic mass is 32.1. The van der Waals surface area contributed by atoms with Gasteiger partial charge in [-0.25, -0.2) is 4.98 Å². The van der Waals surface area contributed by atoms with E-state index in [-0.39, 0.29) is 5.91 Å². The molecular formula is C19H22N3O2S+. The van der Waals surface area contributed by atoms with E-state index < -0.39 is 0 Å². The van der Waals surface area contributed by atoms with Crippen LogP contribution in [-0.2, 0) is 11.3 Å². The molecule has 2 N–H and O–H groups in total. The predicted molar refractivity (Wildman–Crippen MR) is 97.5 cm³/mol. The fraction of sp³-hybridized carbons (Fsp3) is 0.368. The number of para-hydroxylation sites is 1. The fourth-order valence-corrected chi connectivity index (χ4v) is 4.66. The maximum Gasteiger partial charge on any atom is 0.275 e. The lowest BCUT2D eigenvalue weighted by molar-refractivity contribution is -0.929. The zero-order valence-corrected chi connectivity index (χ0v) is 14.8. The van der Waals surface area contributed by atoms with Crippen LogP contribution in [-0.4, -0.2) is 24.0 Å². The smallest absolute Gasteiger partial charge is 0.275 e. The van der Waals surface area contributed by atoms with Crippen LogP contribution in [0.2, 0.25) is 0 Å². The molecule has 2 aromatic heterocycles. The number of amides is 1. The van der Waals surface area contributed by atoms with Crippen LogP contribution in [0, 0.1) is 0 Å². The molecule has 4 rings (SSSR count). The number of carbonyl (C=O) groups is 1. The molecule has 1 aromatic carbocycles. The molecule has 3 heterocycles. The fourth-order valence-electron chi connectivity index (χ4n) is 3.50. The Morgan fingerprint density at radius 3 is 3.04 bits per heavy atom. The third-order valence-electron chi connectivity index (χ3n) is 4.77. The second-order valence-corrected chi connectivity index (χ2v) is 7.57. The number of fused-ring (bicyclic) bond motifs is 1. The SMILES string of the molecule is O=C(C[NH+]1CCCC[C@H]1c1nc2ccccc2s1)NCc1ccco1. The highest BCUT2D eigenvalue weighted by molar-refractivity contribution is 7.18. The Kier molecular flexibility index (Phi) is 4.81. The topological polar surface area (TPSA) is 59.6 Å². The van der Waals surface area contributed by atoms with Gasteiger partial charge in [0.15, 0.2) is 11.6 Å². The Balaban J connectivity index is 1.44. The van der Waals surface area contributed by atoms with Gasteiger partial charge in [-0.05, 0) is 37.1 Å². The average molecular weight is 356 g/mol. The average Bonchev–Trinajstić information content (AvgIpc) is 3.30. The number of hydrogen-bond donors (Lipinski definition) is 2. The molecule has 0 radical (unpaired) electrons. The molecule has 1 fully saturated rings. The number of nitrogens with one attached hydrogen (secondary N) is 2. The molecule has 1 aliphatic heterocycles. The van der Waals surface area contributed by atoms with Crippen molar-refractivity contribution in [2.75, 3.05) is 13.1 Å². The molecule has 2 atom stereocenters. The van der Waals surface area contributed by atoms with E-state index in [2.05, 4.69) is 23.5 Å². The zero-order chi connectivity index (χ0) is 17.1. The van der Waals surface area contributed by atoms with Gasteiger partial charge < -0.3 is 14.6 Å². The van der Waals surface area contributed by atoms with Gasteiger partial charge in [-0.2, -0.15) is 0 Å². The summed E-state index contributed by atoms with van der Waals surface area (Å²) in [5, 5.41) is 4.12. The van der Waals surface area contributed by atoms with Crippen molar-refractivity contribution in [3.63, 3.8) is 0 Å². The Labute approximate surface area is 150 Å². The minimum Gasteiger partial charge on any atom is -0.467 e. The summed E-state index contributed by atoms with van der Waals surface area (Å²) in [4.78, 5) is 18.5. The summed E-state index contributed by atoms with van der Waals surface area (Å²) in [6.07, 6.45) is 5.10. The molecule has 5 nitrogen and oxygen atoms in total. The molecule has 1 unspecified atom stereocenters. The second kappa shape index (κ2) is 7.37. The lowest BCUT2D eigenvalue weighted by Gasteiger charge is -2.30. The summed E-state index contributed by atoms with van der Waals surface area (Å²) in [7, 11) is 0. The summed E-state index contributed by atoms with van der Waals surface area (Å²) in [5.41, 5.74) is 1.06. The van der Waals surface area contributed by atoms with E-state index >= 15 is 0 Å². The van der Waals surface area contributed by atoms with E-state index in [1.165, 1.54) is 22.4 Å². The molecule has 0 spiro atoms. The largest absolute Gasteiger partial charge is 0.467 e. The van der Waals surface area contributed by atoms with Gasteiger partial charge in [0.2, 0.25) is 0 Å². The van der Waals surface area contributed by atoms with Gasteiger partial charge in [0.05, 0.1) is 29.6 Å². The molecule has 3 aromatic rings. The number of thiazole rings is 1. The van der Waals surface area contributed by atoms with Crippen molar-refractivity contribution in [1.29, 1.82) is 0 Å². The molecule has 6 heteroatoms. The summed E-state index contributed by atoms with van der Waals surface area (Å²) in [6, 6.07) is 12.3. The monoisotopic (exact) mass is 356 g/mol. The first kappa shape index (κ1) is 16.3. The summed E-state index contributed by atoms with van der Waals surface area (Å²) in [5.74, 6) is 0.851. The molecule has 0 saturated carbocycles. The molecule has 0 bridgehead atoms. The number of piperidine rings is 1. The number of carbonyl (C=O) groups excluding carboxylic acids is 1. The summed E-state index contributed by atoms with van der Waals surface area (Å²) >= 11 is 1.77. The minimum absolute atomic E-state index is 0.0689. The lowest BCUT2D eigenvalue weighted by atomic mass is 10.0. The molecule has 0 aliphatic carbocycles. The van der Waals surface area contributed by atoms with Crippen LogP contribution in [0.3, 0.4) is 0 Å². The molecule has 25 heavy (non-hydrogen) atoms. The zero-order valence-electron chi connectivity index (χ0n) is 14.0. The van der Waals surface area contributed by atoms with E-state index in [1.807, 2.05) is 18.2 Å². The van der Waals surface area contributed by atoms with Crippen LogP contribution in [0.15, 0.2) is 47.1 Å². The first-order valence-corrected chi connectivity index (χ1v) is 9.60. The van der Waals surface area contributed by atoms with Crippen LogP contribution in [0.4, 0.5) is 0 Å². The van der Waals surface area contributed by atoms with Gasteiger partial charge in [0.1, 0.15) is 11.8 Å². The van der Waals surface area contributed by atoms with Gasteiger partial charge in [-0.3, -0.25) is 4.79 Å². The van der Waals surface area contributed by atoms with Crippen LogP contribution in [0.25, 0.3) is 10.2 Å². The van der Waals surface area contributed by atoms with Crippen molar-refractivity contribution < 1.29 is 14.1 Å². The van der Waals surface area contributed by atoms with Crippen molar-refractivity contribution in [3.05, 3.63) is 53.4 Å². The Morgan fingerprint density at radius 2 is 2.20 bits per heavy atom. The van der Waals surface area contributed by atoms with Crippen LogP contribution in [0.1, 0.15) is 36.1 Å². The molecule has 1 saturated heterocycles. The van der Waals surface area contributed by atoms with E-state index in [0.717, 1.165) is 29.3 Å². The third kappa shape index (κ3) is 3.75. The third-order valence-corrected chi connectivity index (χ3v) is 5.92. The van der Waals surface area contributed by atoms with E-state index in [1.54, 1.807) is 17.6 Å². The molecule has 1 amide bonds. The summed E-state index contributed by atoms with van der Waals surface area (Å²) < 4.78 is 6.49. The van der Waals surface area contributed by atoms with Crippen LogP contribution >= 0.6 is 11.3 Å². The first-order valence-electron chi connectivity index (χ1n) is 8.79. The van der Waals surface area contributed by atoms with E-state index in [4.69, 9.17) is 9.40 Å². The van der Waals surface area contributed by atoms with E-state index in [0.29, 0.717) is 19.1 Å². The van der Waals surface area contributed by atoms with Crippen molar-refractivity contribution in [1.82, 2.24) is 10.3 Å². The normalized spacial score (nSPS) is 20.6. The van der Waals surface area contributed by atoms with Crippen molar-refractivity contribution in [2.24, 2.45) is 0 Å². The lowest BCUT2D eigenvalue weighted by Crippen LogP contribution is -3.14.